The zero-order valence-electron chi connectivity index (χ0n) is 15.3. The van der Waals surface area contributed by atoms with E-state index in [2.05, 4.69) is 36.2 Å². The van der Waals surface area contributed by atoms with Crippen LogP contribution < -0.4 is 4.74 Å². The number of hydrogen-bond donors (Lipinski definition) is 0. The fourth-order valence-corrected chi connectivity index (χ4v) is 3.35. The van der Waals surface area contributed by atoms with Crippen molar-refractivity contribution in [2.75, 3.05) is 7.05 Å². The second-order valence-electron chi connectivity index (χ2n) is 6.48. The van der Waals surface area contributed by atoms with Crippen LogP contribution in [0.2, 0.25) is 0 Å². The highest BCUT2D eigenvalue weighted by molar-refractivity contribution is 7.09. The zero-order chi connectivity index (χ0) is 18.5. The average molecular weight is 370 g/mol. The molecule has 136 valence electrons. The van der Waals surface area contributed by atoms with Crippen molar-refractivity contribution in [3.63, 3.8) is 0 Å². The van der Waals surface area contributed by atoms with Crippen molar-refractivity contribution in [2.24, 2.45) is 0 Å². The maximum absolute atomic E-state index is 13.1. The van der Waals surface area contributed by atoms with E-state index in [1.807, 2.05) is 36.4 Å². The van der Waals surface area contributed by atoms with Gasteiger partial charge in [0.1, 0.15) is 23.2 Å². The maximum Gasteiger partial charge on any atom is 0.140 e. The minimum absolute atomic E-state index is 0.185. The Morgan fingerprint density at radius 3 is 2.50 bits per heavy atom. The van der Waals surface area contributed by atoms with Crippen LogP contribution >= 0.6 is 11.3 Å². The summed E-state index contributed by atoms with van der Waals surface area (Å²) >= 11 is 1.61. The molecule has 0 amide bonds. The van der Waals surface area contributed by atoms with Gasteiger partial charge in [-0.05, 0) is 50.7 Å². The van der Waals surface area contributed by atoms with E-state index in [1.165, 1.54) is 17.7 Å². The van der Waals surface area contributed by atoms with Gasteiger partial charge in [0, 0.05) is 18.0 Å². The first-order valence-electron chi connectivity index (χ1n) is 8.60. The van der Waals surface area contributed by atoms with Crippen molar-refractivity contribution in [3.8, 4) is 5.75 Å². The highest BCUT2D eigenvalue weighted by Gasteiger charge is 2.14. The summed E-state index contributed by atoms with van der Waals surface area (Å²) < 4.78 is 18.9. The van der Waals surface area contributed by atoms with Crippen molar-refractivity contribution in [1.82, 2.24) is 9.88 Å². The Kier molecular flexibility index (Phi) is 6.01. The number of aromatic nitrogens is 1. The summed E-state index contributed by atoms with van der Waals surface area (Å²) in [6, 6.07) is 14.9. The molecule has 3 aromatic rings. The van der Waals surface area contributed by atoms with Crippen LogP contribution in [0.15, 0.2) is 53.9 Å². The Morgan fingerprint density at radius 2 is 1.81 bits per heavy atom. The number of benzene rings is 2. The smallest absolute Gasteiger partial charge is 0.140 e. The molecule has 0 fully saturated rings. The van der Waals surface area contributed by atoms with E-state index in [4.69, 9.17) is 4.74 Å². The molecule has 0 saturated heterocycles. The van der Waals surface area contributed by atoms with Gasteiger partial charge < -0.3 is 4.74 Å². The maximum atomic E-state index is 13.1. The lowest BCUT2D eigenvalue weighted by Gasteiger charge is -2.24. The highest BCUT2D eigenvalue weighted by atomic mass is 32.1. The molecule has 3 nitrogen and oxygen atoms in total. The second kappa shape index (κ2) is 8.43. The molecule has 0 aliphatic carbocycles. The third-order valence-electron chi connectivity index (χ3n) is 4.41. The monoisotopic (exact) mass is 370 g/mol. The Labute approximate surface area is 158 Å². The predicted molar refractivity (Wildman–Crippen MR) is 104 cm³/mol. The van der Waals surface area contributed by atoms with Gasteiger partial charge in [-0.2, -0.15) is 0 Å². The molecule has 0 saturated carbocycles. The normalized spacial score (nSPS) is 12.3. The number of ether oxygens (including phenoxy) is 1. The van der Waals surface area contributed by atoms with Crippen molar-refractivity contribution in [1.29, 1.82) is 0 Å². The molecule has 0 aliphatic heterocycles. The number of halogens is 1. The average Bonchev–Trinajstić information content (AvgIpc) is 3.08. The van der Waals surface area contributed by atoms with Crippen LogP contribution in [-0.2, 0) is 13.2 Å². The van der Waals surface area contributed by atoms with Crippen molar-refractivity contribution in [2.45, 2.75) is 33.0 Å². The third-order valence-corrected chi connectivity index (χ3v) is 5.28. The largest absolute Gasteiger partial charge is 0.486 e. The predicted octanol–water partition coefficient (Wildman–Crippen LogP) is 5.36. The highest BCUT2D eigenvalue weighted by Crippen LogP contribution is 2.22. The van der Waals surface area contributed by atoms with Crippen LogP contribution in [0.4, 0.5) is 4.39 Å². The van der Waals surface area contributed by atoms with Gasteiger partial charge in [0.05, 0.1) is 5.69 Å². The molecule has 0 N–H and O–H groups in total. The first kappa shape index (κ1) is 18.5. The fourth-order valence-electron chi connectivity index (χ4n) is 2.66. The Hall–Kier alpha value is -2.24. The summed E-state index contributed by atoms with van der Waals surface area (Å²) in [5.41, 5.74) is 3.33. The Balaban J connectivity index is 1.55. The first-order chi connectivity index (χ1) is 12.5. The molecule has 1 atom stereocenters. The molecular weight excluding hydrogens is 347 g/mol. The van der Waals surface area contributed by atoms with Crippen LogP contribution in [0.5, 0.6) is 5.75 Å². The summed E-state index contributed by atoms with van der Waals surface area (Å²) in [6.07, 6.45) is 0. The standard InChI is InChI=1S/C21H23FN2OS/c1-15-4-10-20(11-5-15)25-13-21-23-19(14-26-21)12-24(3)16(2)17-6-8-18(22)9-7-17/h4-11,14,16H,12-13H2,1-3H3. The van der Waals surface area contributed by atoms with E-state index in [9.17, 15) is 4.39 Å². The number of aryl methyl sites for hydroxylation is 1. The van der Waals surface area contributed by atoms with Crippen LogP contribution in [-0.4, -0.2) is 16.9 Å². The van der Waals surface area contributed by atoms with Gasteiger partial charge in [-0.25, -0.2) is 9.37 Å². The van der Waals surface area contributed by atoms with E-state index < -0.39 is 0 Å². The minimum Gasteiger partial charge on any atom is -0.486 e. The van der Waals surface area contributed by atoms with Crippen LogP contribution in [0, 0.1) is 12.7 Å². The number of nitrogens with zero attached hydrogens (tertiary/aromatic N) is 2. The van der Waals surface area contributed by atoms with Crippen molar-refractivity contribution >= 4 is 11.3 Å². The van der Waals surface area contributed by atoms with Gasteiger partial charge in [0.15, 0.2) is 0 Å². The van der Waals surface area contributed by atoms with Crippen LogP contribution in [0.25, 0.3) is 0 Å². The molecule has 0 bridgehead atoms. The van der Waals surface area contributed by atoms with Crippen molar-refractivity contribution in [3.05, 3.63) is 81.6 Å². The Bertz CT molecular complexity index is 830. The van der Waals surface area contributed by atoms with E-state index >= 15 is 0 Å². The SMILES string of the molecule is Cc1ccc(OCc2nc(CN(C)C(C)c3ccc(F)cc3)cs2)cc1. The lowest BCUT2D eigenvalue weighted by molar-refractivity contribution is 0.249. The number of rotatable bonds is 7. The molecule has 3 rings (SSSR count). The molecule has 1 aromatic heterocycles. The topological polar surface area (TPSA) is 25.4 Å². The number of thiazole rings is 1. The first-order valence-corrected chi connectivity index (χ1v) is 9.47. The molecule has 2 aromatic carbocycles. The minimum atomic E-state index is -0.207. The lowest BCUT2D eigenvalue weighted by Crippen LogP contribution is -2.22. The molecule has 1 unspecified atom stereocenters. The fraction of sp³-hybridized carbons (Fsp3) is 0.286. The van der Waals surface area contributed by atoms with Gasteiger partial charge in [-0.1, -0.05) is 29.8 Å². The van der Waals surface area contributed by atoms with Gasteiger partial charge in [0.2, 0.25) is 0 Å². The summed E-state index contributed by atoms with van der Waals surface area (Å²) in [5, 5.41) is 3.03. The molecule has 0 aliphatic rings. The summed E-state index contributed by atoms with van der Waals surface area (Å²) in [6.45, 7) is 5.38. The molecule has 0 spiro atoms. The van der Waals surface area contributed by atoms with Gasteiger partial charge in [-0.15, -0.1) is 11.3 Å². The number of hydrogen-bond acceptors (Lipinski definition) is 4. The Morgan fingerprint density at radius 1 is 1.12 bits per heavy atom. The van der Waals surface area contributed by atoms with Crippen molar-refractivity contribution < 1.29 is 9.13 Å². The molecule has 5 heteroatoms. The second-order valence-corrected chi connectivity index (χ2v) is 7.42. The lowest BCUT2D eigenvalue weighted by atomic mass is 10.1. The molecular formula is C21H23FN2OS. The quantitative estimate of drug-likeness (QED) is 0.560. The van der Waals surface area contributed by atoms with Gasteiger partial charge in [-0.3, -0.25) is 4.90 Å². The van der Waals surface area contributed by atoms with Crippen LogP contribution in [0.3, 0.4) is 0 Å². The summed E-state index contributed by atoms with van der Waals surface area (Å²) in [7, 11) is 2.05. The summed E-state index contributed by atoms with van der Waals surface area (Å²) in [5.74, 6) is 0.649. The van der Waals surface area contributed by atoms with E-state index in [0.717, 1.165) is 28.6 Å². The zero-order valence-corrected chi connectivity index (χ0v) is 16.1. The van der Waals surface area contributed by atoms with Gasteiger partial charge in [0.25, 0.3) is 0 Å². The van der Waals surface area contributed by atoms with E-state index in [0.29, 0.717) is 6.61 Å². The van der Waals surface area contributed by atoms with E-state index in [-0.39, 0.29) is 11.9 Å². The van der Waals surface area contributed by atoms with E-state index in [1.54, 1.807) is 11.3 Å². The van der Waals surface area contributed by atoms with Crippen LogP contribution in [0.1, 0.15) is 34.8 Å². The molecule has 1 heterocycles. The third kappa shape index (κ3) is 4.90. The summed E-state index contributed by atoms with van der Waals surface area (Å²) in [4.78, 5) is 6.87. The molecule has 0 radical (unpaired) electrons. The van der Waals surface area contributed by atoms with Gasteiger partial charge >= 0.3 is 0 Å². The molecule has 26 heavy (non-hydrogen) atoms.